The first-order chi connectivity index (χ1) is 24.5. The van der Waals surface area contributed by atoms with Gasteiger partial charge in [0.15, 0.2) is 9.84 Å². The number of carbonyl (C=O) groups excluding carboxylic acids is 3. The van der Waals surface area contributed by atoms with Gasteiger partial charge in [0.05, 0.1) is 27.4 Å². The van der Waals surface area contributed by atoms with Crippen molar-refractivity contribution in [2.75, 3.05) is 12.8 Å². The first-order valence-electron chi connectivity index (χ1n) is 17.6. The predicted octanol–water partition coefficient (Wildman–Crippen LogP) is 4.71. The molecule has 3 N–H and O–H groups in total. The van der Waals surface area contributed by atoms with Gasteiger partial charge in [0.25, 0.3) is 0 Å². The molecule has 3 aromatic rings. The number of aliphatic carboxylic acids is 1. The van der Waals surface area contributed by atoms with Gasteiger partial charge >= 0.3 is 12.1 Å². The van der Waals surface area contributed by atoms with Crippen LogP contribution in [0.4, 0.5) is 4.79 Å². The van der Waals surface area contributed by atoms with E-state index >= 15 is 0 Å². The topological polar surface area (TPSA) is 194 Å². The van der Waals surface area contributed by atoms with Crippen LogP contribution in [0, 0.1) is 5.92 Å². The molecule has 1 aliphatic carbocycles. The number of carboxylic acid groups (broad SMARTS) is 1. The van der Waals surface area contributed by atoms with Gasteiger partial charge in [0.2, 0.25) is 17.7 Å². The highest BCUT2D eigenvalue weighted by atomic mass is 32.2. The number of rotatable bonds is 6. The van der Waals surface area contributed by atoms with E-state index in [0.29, 0.717) is 47.3 Å². The Morgan fingerprint density at radius 2 is 1.79 bits per heavy atom. The zero-order valence-electron chi connectivity index (χ0n) is 29.7. The molecule has 3 amide bonds. The summed E-state index contributed by atoms with van der Waals surface area (Å²) in [6.45, 7) is 5.12. The SMILES string of the molecule is CC(C)(C)OC(=O)N[C@H]1CCCCCCCC2CC2(C(=O)O)NC(=O)[C@@H]2C[C@@H](Oc3nc4ccc(S(C)(=O)=O)cc4nc3-c3cccs3)CN2C1=O. The number of amides is 3. The Balaban J connectivity index is 1.34. The average molecular weight is 756 g/mol. The number of nitrogens with zero attached hydrogens (tertiary/aromatic N) is 3. The van der Waals surface area contributed by atoms with Crippen LogP contribution < -0.4 is 15.4 Å². The van der Waals surface area contributed by atoms with E-state index in [0.717, 1.165) is 31.9 Å². The highest BCUT2D eigenvalue weighted by molar-refractivity contribution is 7.90. The smallest absolute Gasteiger partial charge is 0.408 e. The first kappa shape index (κ1) is 37.4. The van der Waals surface area contributed by atoms with E-state index in [4.69, 9.17) is 19.4 Å². The summed E-state index contributed by atoms with van der Waals surface area (Å²) in [7, 11) is -3.51. The number of thiophene rings is 1. The van der Waals surface area contributed by atoms with Gasteiger partial charge in [-0.1, -0.05) is 38.2 Å². The molecule has 2 aliphatic heterocycles. The molecule has 1 saturated carbocycles. The van der Waals surface area contributed by atoms with Gasteiger partial charge in [0.1, 0.15) is 35.0 Å². The maximum atomic E-state index is 14.4. The molecule has 14 nitrogen and oxygen atoms in total. The van der Waals surface area contributed by atoms with Crippen LogP contribution in [0.25, 0.3) is 21.6 Å². The number of benzene rings is 1. The van der Waals surface area contributed by atoms with E-state index in [-0.39, 0.29) is 29.7 Å². The van der Waals surface area contributed by atoms with E-state index in [9.17, 15) is 32.7 Å². The molecule has 0 radical (unpaired) electrons. The summed E-state index contributed by atoms with van der Waals surface area (Å²) >= 11 is 1.39. The standard InChI is InChI=1S/C36H45N5O9S2/c1-35(2,3)50-34(46)39-25-12-9-7-5-6-8-11-21-19-36(21,33(44)45)40-30(42)27-17-22(20-41(27)32(25)43)49-31-29(28-13-10-16-51-28)37-26-18-23(52(4,47)48)14-15-24(26)38-31/h10,13-16,18,21-22,25,27H,5-9,11-12,17,19-20H2,1-4H3,(H,39,46)(H,40,42)(H,44,45)/t21?,22-,25+,27+,36?/m1/s1. The Bertz CT molecular complexity index is 1960. The molecule has 0 bridgehead atoms. The molecule has 2 saturated heterocycles. The quantitative estimate of drug-likeness (QED) is 0.316. The highest BCUT2D eigenvalue weighted by Gasteiger charge is 2.62. The minimum Gasteiger partial charge on any atom is -0.479 e. The number of aromatic nitrogens is 2. The fourth-order valence-electron chi connectivity index (χ4n) is 7.06. The fourth-order valence-corrected chi connectivity index (χ4v) is 8.41. The van der Waals surface area contributed by atoms with Crippen LogP contribution in [0.15, 0.2) is 40.6 Å². The molecule has 4 heterocycles. The number of alkyl carbamates (subject to hydrolysis) is 1. The third-order valence-corrected chi connectivity index (χ3v) is 11.8. The number of hydrogen-bond donors (Lipinski definition) is 3. The Kier molecular flexibility index (Phi) is 10.5. The van der Waals surface area contributed by atoms with E-state index in [1.807, 2.05) is 17.5 Å². The largest absolute Gasteiger partial charge is 0.479 e. The molecular weight excluding hydrogens is 711 g/mol. The molecule has 6 rings (SSSR count). The Morgan fingerprint density at radius 3 is 2.46 bits per heavy atom. The van der Waals surface area contributed by atoms with E-state index in [1.165, 1.54) is 28.4 Å². The number of fused-ring (bicyclic) bond motifs is 3. The van der Waals surface area contributed by atoms with Gasteiger partial charge in [-0.15, -0.1) is 11.3 Å². The lowest BCUT2D eigenvalue weighted by Crippen LogP contribution is -2.56. The van der Waals surface area contributed by atoms with Crippen LogP contribution in [0.5, 0.6) is 5.88 Å². The van der Waals surface area contributed by atoms with Gasteiger partial charge < -0.3 is 30.1 Å². The average Bonchev–Trinajstić information content (AvgIpc) is 3.37. The van der Waals surface area contributed by atoms with Crippen LogP contribution in [0.3, 0.4) is 0 Å². The molecule has 16 heteroatoms. The first-order valence-corrected chi connectivity index (χ1v) is 20.4. The van der Waals surface area contributed by atoms with Crippen LogP contribution in [0.1, 0.15) is 78.6 Å². The van der Waals surface area contributed by atoms with Crippen molar-refractivity contribution in [1.29, 1.82) is 0 Å². The molecule has 3 fully saturated rings. The number of carboxylic acids is 1. The van der Waals surface area contributed by atoms with E-state index in [1.54, 1.807) is 26.8 Å². The highest BCUT2D eigenvalue weighted by Crippen LogP contribution is 2.47. The monoisotopic (exact) mass is 755 g/mol. The Labute approximate surface area is 306 Å². The number of hydrogen-bond acceptors (Lipinski definition) is 11. The number of carbonyl (C=O) groups is 4. The lowest BCUT2D eigenvalue weighted by atomic mass is 10.0. The summed E-state index contributed by atoms with van der Waals surface area (Å²) in [5, 5.41) is 17.6. The third-order valence-electron chi connectivity index (χ3n) is 9.78. The predicted molar refractivity (Wildman–Crippen MR) is 193 cm³/mol. The van der Waals surface area contributed by atoms with Crippen molar-refractivity contribution in [3.63, 3.8) is 0 Å². The number of nitrogens with one attached hydrogen (secondary N) is 2. The molecular formula is C36H45N5O9S2. The van der Waals surface area contributed by atoms with Gasteiger partial charge in [-0.25, -0.2) is 28.0 Å². The van der Waals surface area contributed by atoms with Crippen LogP contribution in [-0.2, 0) is 29.0 Å². The van der Waals surface area contributed by atoms with Gasteiger partial charge in [-0.3, -0.25) is 9.59 Å². The van der Waals surface area contributed by atoms with Crippen LogP contribution in [0.2, 0.25) is 0 Å². The lowest BCUT2D eigenvalue weighted by Gasteiger charge is -2.30. The van der Waals surface area contributed by atoms with Crippen molar-refractivity contribution in [2.45, 2.75) is 113 Å². The summed E-state index contributed by atoms with van der Waals surface area (Å²) in [6.07, 6.45) is 5.01. The summed E-state index contributed by atoms with van der Waals surface area (Å²) in [5.74, 6) is -2.28. The second-order valence-corrected chi connectivity index (χ2v) is 17.9. The number of ether oxygens (including phenoxy) is 2. The third kappa shape index (κ3) is 8.33. The molecule has 2 unspecified atom stereocenters. The van der Waals surface area contributed by atoms with Crippen molar-refractivity contribution in [3.8, 4) is 16.5 Å². The minimum atomic E-state index is -3.51. The molecule has 2 aromatic heterocycles. The Morgan fingerprint density at radius 1 is 1.06 bits per heavy atom. The van der Waals surface area contributed by atoms with Crippen LogP contribution >= 0.6 is 11.3 Å². The molecule has 280 valence electrons. The van der Waals surface area contributed by atoms with Gasteiger partial charge in [-0.2, -0.15) is 0 Å². The van der Waals surface area contributed by atoms with E-state index in [2.05, 4.69) is 10.6 Å². The number of sulfone groups is 1. The van der Waals surface area contributed by atoms with Crippen LogP contribution in [-0.4, -0.2) is 94.4 Å². The second-order valence-electron chi connectivity index (χ2n) is 15.0. The zero-order valence-corrected chi connectivity index (χ0v) is 31.3. The summed E-state index contributed by atoms with van der Waals surface area (Å²) in [4.78, 5) is 65.5. The second kappa shape index (κ2) is 14.6. The lowest BCUT2D eigenvalue weighted by molar-refractivity contribution is -0.146. The van der Waals surface area contributed by atoms with Gasteiger partial charge in [-0.05, 0) is 75.6 Å². The molecule has 0 spiro atoms. The maximum absolute atomic E-state index is 14.4. The fraction of sp³-hybridized carbons (Fsp3) is 0.556. The van der Waals surface area contributed by atoms with Crippen molar-refractivity contribution in [3.05, 3.63) is 35.7 Å². The maximum Gasteiger partial charge on any atom is 0.408 e. The molecule has 52 heavy (non-hydrogen) atoms. The summed E-state index contributed by atoms with van der Waals surface area (Å²) in [6, 6.07) is 6.00. The molecule has 1 aromatic carbocycles. The minimum absolute atomic E-state index is 0.0215. The van der Waals surface area contributed by atoms with Crippen molar-refractivity contribution < 1.29 is 42.2 Å². The Hall–Kier alpha value is -4.31. The normalized spacial score (nSPS) is 26.0. The van der Waals surface area contributed by atoms with Crippen molar-refractivity contribution in [2.24, 2.45) is 5.92 Å². The van der Waals surface area contributed by atoms with Crippen molar-refractivity contribution in [1.82, 2.24) is 25.5 Å². The summed E-state index contributed by atoms with van der Waals surface area (Å²) in [5.41, 5.74) is -1.11. The molecule has 5 atom stereocenters. The van der Waals surface area contributed by atoms with E-state index < -0.39 is 63.0 Å². The summed E-state index contributed by atoms with van der Waals surface area (Å²) < 4.78 is 36.5. The van der Waals surface area contributed by atoms with Crippen molar-refractivity contribution >= 4 is 56.1 Å². The zero-order chi connectivity index (χ0) is 37.4. The van der Waals surface area contributed by atoms with Gasteiger partial charge in [0, 0.05) is 12.7 Å². The molecule has 3 aliphatic rings.